The zero-order valence-corrected chi connectivity index (χ0v) is 6.78. The second-order valence-corrected chi connectivity index (χ2v) is 2.97. The van der Waals surface area contributed by atoms with Crippen LogP contribution in [0, 0.1) is 0 Å². The van der Waals surface area contributed by atoms with Crippen LogP contribution in [0.15, 0.2) is 24.3 Å². The maximum absolute atomic E-state index is 3.96. The molecule has 1 heterocycles. The third-order valence-corrected chi connectivity index (χ3v) is 2.01. The third-order valence-electron chi connectivity index (χ3n) is 2.01. The average Bonchev–Trinajstić information content (AvgIpc) is 1.82. The van der Waals surface area contributed by atoms with Crippen molar-refractivity contribution in [3.63, 3.8) is 0 Å². The van der Waals surface area contributed by atoms with Gasteiger partial charge in [0, 0.05) is 18.9 Å². The van der Waals surface area contributed by atoms with Gasteiger partial charge in [0.15, 0.2) is 12.3 Å². The number of rotatable bonds is 0. The molecule has 1 aliphatic rings. The molecule has 0 N–H and O–H groups in total. The van der Waals surface area contributed by atoms with Crippen LogP contribution in [0.25, 0.3) is 0 Å². The Kier molecular flexibility index (Phi) is 1.75. The summed E-state index contributed by atoms with van der Waals surface area (Å²) in [5, 5.41) is 0. The van der Waals surface area contributed by atoms with Crippen LogP contribution < -0.4 is 0 Å². The van der Waals surface area contributed by atoms with Gasteiger partial charge in [-0.3, -0.25) is 0 Å². The van der Waals surface area contributed by atoms with Crippen molar-refractivity contribution in [1.29, 1.82) is 0 Å². The Balaban J connectivity index is 2.95. The monoisotopic (exact) mass is 136 g/mol. The van der Waals surface area contributed by atoms with Crippen molar-refractivity contribution >= 4 is 5.71 Å². The van der Waals surface area contributed by atoms with Gasteiger partial charge in [0.05, 0.1) is 0 Å². The van der Waals surface area contributed by atoms with Crippen LogP contribution in [0.3, 0.4) is 0 Å². The minimum absolute atomic E-state index is 0.982. The molecule has 0 aromatic heterocycles. The van der Waals surface area contributed by atoms with Gasteiger partial charge < -0.3 is 0 Å². The quantitative estimate of drug-likeness (QED) is 0.351. The summed E-state index contributed by atoms with van der Waals surface area (Å²) in [6.07, 6.45) is 0.982. The predicted octanol–water partition coefficient (Wildman–Crippen LogP) is 1.61. The van der Waals surface area contributed by atoms with Crippen molar-refractivity contribution in [3.05, 3.63) is 24.3 Å². The summed E-state index contributed by atoms with van der Waals surface area (Å²) in [7, 11) is 2.07. The molecule has 0 unspecified atom stereocenters. The second-order valence-electron chi connectivity index (χ2n) is 2.97. The van der Waals surface area contributed by atoms with Crippen molar-refractivity contribution in [2.75, 3.05) is 13.6 Å². The minimum Gasteiger partial charge on any atom is -0.232 e. The molecule has 0 aromatic carbocycles. The number of likely N-dealkylation sites (N-methyl/N-ethyl adjacent to an activating group) is 1. The second kappa shape index (κ2) is 2.41. The molecule has 0 saturated carbocycles. The van der Waals surface area contributed by atoms with Gasteiger partial charge in [0.25, 0.3) is 0 Å². The van der Waals surface area contributed by atoms with Gasteiger partial charge >= 0.3 is 0 Å². The van der Waals surface area contributed by atoms with Crippen LogP contribution in [-0.2, 0) is 0 Å². The largest absolute Gasteiger partial charge is 0.232 e. The Labute approximate surface area is 62.4 Å². The topological polar surface area (TPSA) is 3.01 Å². The lowest BCUT2D eigenvalue weighted by Crippen LogP contribution is -2.24. The maximum Gasteiger partial charge on any atom is 0.175 e. The van der Waals surface area contributed by atoms with E-state index in [9.17, 15) is 0 Å². The van der Waals surface area contributed by atoms with Crippen molar-refractivity contribution in [1.82, 2.24) is 0 Å². The molecule has 1 aliphatic heterocycles. The first kappa shape index (κ1) is 7.26. The molecule has 1 rings (SSSR count). The van der Waals surface area contributed by atoms with E-state index in [1.165, 1.54) is 16.9 Å². The van der Waals surface area contributed by atoms with Gasteiger partial charge in [-0.05, 0) is 5.57 Å². The van der Waals surface area contributed by atoms with Crippen LogP contribution >= 0.6 is 0 Å². The lowest BCUT2D eigenvalue weighted by molar-refractivity contribution is -0.490. The van der Waals surface area contributed by atoms with Crippen molar-refractivity contribution in [2.24, 2.45) is 0 Å². The zero-order chi connectivity index (χ0) is 7.72. The Morgan fingerprint density at radius 3 is 2.50 bits per heavy atom. The van der Waals surface area contributed by atoms with Gasteiger partial charge in [0.2, 0.25) is 0 Å². The molecule has 0 aromatic rings. The summed E-state index contributed by atoms with van der Waals surface area (Å²) in [6.45, 7) is 11.0. The van der Waals surface area contributed by atoms with Gasteiger partial charge in [-0.1, -0.05) is 13.2 Å². The van der Waals surface area contributed by atoms with Crippen LogP contribution in [0.2, 0.25) is 0 Å². The lowest BCUT2D eigenvalue weighted by atomic mass is 10.0. The van der Waals surface area contributed by atoms with Crippen LogP contribution in [0.1, 0.15) is 13.3 Å². The fraction of sp³-hybridized carbons (Fsp3) is 0.444. The molecular weight excluding hydrogens is 122 g/mol. The standard InChI is InChI=1S/C9H14N/c1-7-5-8(2)9(3)10(4)6-7/h1-2,5-6H2,3-4H3/q+1. The minimum atomic E-state index is 0.982. The molecule has 0 aliphatic carbocycles. The van der Waals surface area contributed by atoms with Crippen LogP contribution in [-0.4, -0.2) is 23.9 Å². The number of hydrogen-bond acceptors (Lipinski definition) is 0. The third kappa shape index (κ3) is 1.18. The van der Waals surface area contributed by atoms with E-state index in [2.05, 4.69) is 31.7 Å². The summed E-state index contributed by atoms with van der Waals surface area (Å²) >= 11 is 0. The Bertz CT molecular complexity index is 221. The number of hydrogen-bond donors (Lipinski definition) is 0. The Morgan fingerprint density at radius 1 is 1.40 bits per heavy atom. The van der Waals surface area contributed by atoms with E-state index < -0.39 is 0 Å². The summed E-state index contributed by atoms with van der Waals surface area (Å²) in [4.78, 5) is 0. The molecule has 0 radical (unpaired) electrons. The maximum atomic E-state index is 3.96. The molecule has 0 spiro atoms. The molecule has 0 saturated heterocycles. The van der Waals surface area contributed by atoms with E-state index in [-0.39, 0.29) is 0 Å². The van der Waals surface area contributed by atoms with Crippen LogP contribution in [0.4, 0.5) is 0 Å². The fourth-order valence-electron chi connectivity index (χ4n) is 1.21. The first-order chi connectivity index (χ1) is 4.61. The average molecular weight is 136 g/mol. The molecule has 0 amide bonds. The van der Waals surface area contributed by atoms with Gasteiger partial charge in [-0.15, -0.1) is 0 Å². The van der Waals surface area contributed by atoms with E-state index in [0.29, 0.717) is 0 Å². The molecule has 54 valence electrons. The molecule has 1 heteroatoms. The van der Waals surface area contributed by atoms with E-state index in [1.54, 1.807) is 0 Å². The molecule has 1 nitrogen and oxygen atoms in total. The lowest BCUT2D eigenvalue weighted by Gasteiger charge is -2.13. The van der Waals surface area contributed by atoms with Crippen molar-refractivity contribution in [3.8, 4) is 0 Å². The molecule has 10 heavy (non-hydrogen) atoms. The van der Waals surface area contributed by atoms with Gasteiger partial charge in [0.1, 0.15) is 7.05 Å². The summed E-state index contributed by atoms with van der Waals surface area (Å²) in [5.74, 6) is 0. The Hall–Kier alpha value is -0.850. The Morgan fingerprint density at radius 2 is 2.00 bits per heavy atom. The highest BCUT2D eigenvalue weighted by molar-refractivity contribution is 5.94. The smallest absolute Gasteiger partial charge is 0.175 e. The summed E-state index contributed by atoms with van der Waals surface area (Å²) in [6, 6.07) is 0. The van der Waals surface area contributed by atoms with Crippen molar-refractivity contribution in [2.45, 2.75) is 13.3 Å². The predicted molar refractivity (Wildman–Crippen MR) is 44.6 cm³/mol. The molecule has 0 bridgehead atoms. The summed E-state index contributed by atoms with van der Waals surface area (Å²) < 4.78 is 2.19. The number of allylic oxidation sites excluding steroid dienone is 1. The normalized spacial score (nSPS) is 20.2. The van der Waals surface area contributed by atoms with Gasteiger partial charge in [-0.2, -0.15) is 0 Å². The molecule has 0 fully saturated rings. The van der Waals surface area contributed by atoms with Crippen molar-refractivity contribution < 1.29 is 4.58 Å². The molecule has 0 atom stereocenters. The van der Waals surface area contributed by atoms with Crippen LogP contribution in [0.5, 0.6) is 0 Å². The summed E-state index contributed by atoms with van der Waals surface area (Å²) in [5.41, 5.74) is 3.77. The highest BCUT2D eigenvalue weighted by atomic mass is 15.0. The zero-order valence-electron chi connectivity index (χ0n) is 6.78. The highest BCUT2D eigenvalue weighted by Gasteiger charge is 2.17. The first-order valence-electron chi connectivity index (χ1n) is 3.50. The van der Waals surface area contributed by atoms with E-state index in [4.69, 9.17) is 0 Å². The number of nitrogens with zero attached hydrogens (tertiary/aromatic N) is 1. The fourth-order valence-corrected chi connectivity index (χ4v) is 1.21. The van der Waals surface area contributed by atoms with E-state index in [0.717, 1.165) is 13.0 Å². The molecular formula is C9H14N+. The van der Waals surface area contributed by atoms with E-state index >= 15 is 0 Å². The SMILES string of the molecule is C=C1CC(=C)C(C)=[N+](C)C1. The van der Waals surface area contributed by atoms with E-state index in [1.807, 2.05) is 0 Å². The first-order valence-corrected chi connectivity index (χ1v) is 3.50. The highest BCUT2D eigenvalue weighted by Crippen LogP contribution is 2.14. The van der Waals surface area contributed by atoms with Gasteiger partial charge in [-0.25, -0.2) is 4.58 Å².